The van der Waals surface area contributed by atoms with Gasteiger partial charge in [-0.25, -0.2) is 0 Å². The second-order valence-corrected chi connectivity index (χ2v) is 6.54. The third-order valence-corrected chi connectivity index (χ3v) is 4.80. The van der Waals surface area contributed by atoms with E-state index in [9.17, 15) is 5.11 Å². The van der Waals surface area contributed by atoms with E-state index in [1.807, 2.05) is 24.3 Å². The van der Waals surface area contributed by atoms with E-state index < -0.39 is 0 Å². The van der Waals surface area contributed by atoms with Crippen LogP contribution in [0.2, 0.25) is 0 Å². The number of aromatic nitrogens is 1. The normalized spacial score (nSPS) is 14.2. The van der Waals surface area contributed by atoms with E-state index in [1.165, 1.54) is 22.4 Å². The maximum absolute atomic E-state index is 9.80. The maximum atomic E-state index is 9.80. The minimum Gasteiger partial charge on any atom is -0.396 e. The predicted octanol–water partition coefficient (Wildman–Crippen LogP) is 3.48. The van der Waals surface area contributed by atoms with Crippen LogP contribution in [-0.4, -0.2) is 22.7 Å². The van der Waals surface area contributed by atoms with Crippen LogP contribution in [0.25, 0.3) is 10.9 Å². The van der Waals surface area contributed by atoms with Gasteiger partial charge in [-0.3, -0.25) is 0 Å². The second kappa shape index (κ2) is 7.65. The maximum Gasteiger partial charge on any atom is 0.0477 e. The highest BCUT2D eigenvalue weighted by atomic mass is 16.3. The van der Waals surface area contributed by atoms with Gasteiger partial charge in [0, 0.05) is 35.7 Å². The van der Waals surface area contributed by atoms with Gasteiger partial charge in [-0.1, -0.05) is 55.5 Å². The summed E-state index contributed by atoms with van der Waals surface area (Å²) in [6.45, 7) is 2.20. The monoisotopic (exact) mass is 321 g/mol. The average Bonchev–Trinajstić information content (AvgIpc) is 3.03. The lowest BCUT2D eigenvalue weighted by Gasteiger charge is -2.27. The molecule has 2 aromatic carbocycles. The van der Waals surface area contributed by atoms with Crippen molar-refractivity contribution >= 4 is 10.9 Å². The summed E-state index contributed by atoms with van der Waals surface area (Å²) in [6, 6.07) is 18.4. The van der Waals surface area contributed by atoms with Gasteiger partial charge in [-0.2, -0.15) is 0 Å². The molecule has 0 aliphatic heterocycles. The number of hydrogen-bond donors (Lipinski definition) is 3. The number of aliphatic hydroxyl groups excluding tert-OH is 1. The standard InChI is InChI=1S/C21H25N2O/c1-15(11-17-13-23-20-10-6-5-9-19(17)20)21(22)18(14-24)12-16-7-3-2-4-8-16/h2-10,13,18,21,23-24H,11-12,14,22H2,1H3. The van der Waals surface area contributed by atoms with E-state index >= 15 is 0 Å². The lowest BCUT2D eigenvalue weighted by atomic mass is 9.83. The number of fused-ring (bicyclic) bond motifs is 1. The third kappa shape index (κ3) is 3.69. The molecule has 1 heterocycles. The molecule has 1 radical (unpaired) electrons. The van der Waals surface area contributed by atoms with Crippen molar-refractivity contribution < 1.29 is 5.11 Å². The number of benzene rings is 2. The van der Waals surface area contributed by atoms with Gasteiger partial charge in [0.05, 0.1) is 0 Å². The number of para-hydroxylation sites is 1. The minimum absolute atomic E-state index is 0.0395. The van der Waals surface area contributed by atoms with Crippen molar-refractivity contribution in [3.05, 3.63) is 77.8 Å². The zero-order chi connectivity index (χ0) is 16.9. The largest absolute Gasteiger partial charge is 0.396 e. The van der Waals surface area contributed by atoms with Crippen molar-refractivity contribution in [3.8, 4) is 0 Å². The quantitative estimate of drug-likeness (QED) is 0.624. The smallest absolute Gasteiger partial charge is 0.0477 e. The van der Waals surface area contributed by atoms with Crippen molar-refractivity contribution in [1.82, 2.24) is 4.98 Å². The molecule has 3 nitrogen and oxygen atoms in total. The molecule has 125 valence electrons. The van der Waals surface area contributed by atoms with E-state index in [0.717, 1.165) is 18.4 Å². The molecule has 0 saturated heterocycles. The molecule has 3 rings (SSSR count). The van der Waals surface area contributed by atoms with Crippen LogP contribution in [-0.2, 0) is 12.8 Å². The van der Waals surface area contributed by atoms with Crippen LogP contribution in [0.15, 0.2) is 60.8 Å². The molecule has 0 spiro atoms. The molecule has 2 atom stereocenters. The van der Waals surface area contributed by atoms with Crippen molar-refractivity contribution in [1.29, 1.82) is 0 Å². The molecular weight excluding hydrogens is 296 g/mol. The summed E-state index contributed by atoms with van der Waals surface area (Å²) in [5.41, 5.74) is 10.1. The number of hydrogen-bond acceptors (Lipinski definition) is 2. The summed E-state index contributed by atoms with van der Waals surface area (Å²) >= 11 is 0. The number of aromatic amines is 1. The first-order valence-corrected chi connectivity index (χ1v) is 8.46. The molecule has 2 unspecified atom stereocenters. The Morgan fingerprint density at radius 1 is 1.08 bits per heavy atom. The van der Waals surface area contributed by atoms with Crippen molar-refractivity contribution in [2.24, 2.45) is 11.7 Å². The summed E-state index contributed by atoms with van der Waals surface area (Å²) in [4.78, 5) is 3.31. The molecular formula is C21H25N2O. The molecule has 0 aliphatic rings. The van der Waals surface area contributed by atoms with Crippen LogP contribution >= 0.6 is 0 Å². The highest BCUT2D eigenvalue weighted by Crippen LogP contribution is 2.25. The van der Waals surface area contributed by atoms with Gasteiger partial charge in [0.25, 0.3) is 0 Å². The lowest BCUT2D eigenvalue weighted by Crippen LogP contribution is -2.39. The van der Waals surface area contributed by atoms with E-state index in [1.54, 1.807) is 0 Å². The molecule has 1 aromatic heterocycles. The van der Waals surface area contributed by atoms with Gasteiger partial charge < -0.3 is 15.8 Å². The Labute approximate surface area is 143 Å². The van der Waals surface area contributed by atoms with Crippen LogP contribution in [0.1, 0.15) is 18.1 Å². The molecule has 24 heavy (non-hydrogen) atoms. The van der Waals surface area contributed by atoms with Gasteiger partial charge in [0.15, 0.2) is 0 Å². The molecule has 0 saturated carbocycles. The van der Waals surface area contributed by atoms with E-state index in [2.05, 4.69) is 48.4 Å². The summed E-state index contributed by atoms with van der Waals surface area (Å²) in [6.07, 6.45) is 3.69. The van der Waals surface area contributed by atoms with E-state index in [-0.39, 0.29) is 18.6 Å². The summed E-state index contributed by atoms with van der Waals surface area (Å²) in [7, 11) is 0. The van der Waals surface area contributed by atoms with Crippen molar-refractivity contribution in [2.45, 2.75) is 25.8 Å². The van der Waals surface area contributed by atoms with Gasteiger partial charge in [0.1, 0.15) is 0 Å². The Balaban J connectivity index is 1.69. The molecule has 0 aliphatic carbocycles. The Morgan fingerprint density at radius 2 is 1.79 bits per heavy atom. The number of H-pyrrole nitrogens is 1. The van der Waals surface area contributed by atoms with E-state index in [0.29, 0.717) is 0 Å². The third-order valence-electron chi connectivity index (χ3n) is 4.80. The molecule has 0 fully saturated rings. The van der Waals surface area contributed by atoms with Crippen LogP contribution in [0, 0.1) is 11.8 Å². The van der Waals surface area contributed by atoms with Crippen molar-refractivity contribution in [2.75, 3.05) is 6.61 Å². The molecule has 3 heteroatoms. The summed E-state index contributed by atoms with van der Waals surface area (Å²) < 4.78 is 0. The Bertz CT molecular complexity index is 766. The van der Waals surface area contributed by atoms with Gasteiger partial charge in [0.2, 0.25) is 0 Å². The minimum atomic E-state index is -0.121. The molecule has 0 amide bonds. The number of rotatable bonds is 7. The van der Waals surface area contributed by atoms with Crippen LogP contribution in [0.5, 0.6) is 0 Å². The fraction of sp³-hybridized carbons (Fsp3) is 0.286. The first-order chi connectivity index (χ1) is 11.7. The fourth-order valence-electron chi connectivity index (χ4n) is 3.32. The highest BCUT2D eigenvalue weighted by molar-refractivity contribution is 5.83. The number of aliphatic hydroxyl groups is 1. The van der Waals surface area contributed by atoms with Gasteiger partial charge in [-0.15, -0.1) is 0 Å². The van der Waals surface area contributed by atoms with Crippen LogP contribution in [0.3, 0.4) is 0 Å². The zero-order valence-corrected chi connectivity index (χ0v) is 14.1. The van der Waals surface area contributed by atoms with Crippen LogP contribution in [0.4, 0.5) is 0 Å². The molecule has 0 bridgehead atoms. The fourth-order valence-corrected chi connectivity index (χ4v) is 3.32. The Morgan fingerprint density at radius 3 is 2.54 bits per heavy atom. The first-order valence-electron chi connectivity index (χ1n) is 8.46. The highest BCUT2D eigenvalue weighted by Gasteiger charge is 2.24. The van der Waals surface area contributed by atoms with Crippen LogP contribution < -0.4 is 5.73 Å². The average molecular weight is 321 g/mol. The SMILES string of the molecule is C[C](Cc1c[nH]c2ccccc12)C(N)C(CO)Cc1ccccc1. The van der Waals surface area contributed by atoms with Gasteiger partial charge in [-0.05, 0) is 36.0 Å². The lowest BCUT2D eigenvalue weighted by molar-refractivity contribution is 0.205. The number of nitrogens with two attached hydrogens (primary N) is 1. The second-order valence-electron chi connectivity index (χ2n) is 6.54. The Kier molecular flexibility index (Phi) is 5.34. The van der Waals surface area contributed by atoms with Gasteiger partial charge >= 0.3 is 0 Å². The predicted molar refractivity (Wildman–Crippen MR) is 99.6 cm³/mol. The first kappa shape index (κ1) is 16.7. The topological polar surface area (TPSA) is 62.0 Å². The Hall–Kier alpha value is -2.10. The summed E-state index contributed by atoms with van der Waals surface area (Å²) in [5, 5.41) is 11.0. The summed E-state index contributed by atoms with van der Waals surface area (Å²) in [5.74, 6) is 1.24. The van der Waals surface area contributed by atoms with E-state index in [4.69, 9.17) is 5.73 Å². The zero-order valence-electron chi connectivity index (χ0n) is 14.1. The molecule has 3 aromatic rings. The molecule has 4 N–H and O–H groups in total. The van der Waals surface area contributed by atoms with Crippen molar-refractivity contribution in [3.63, 3.8) is 0 Å². The number of nitrogens with one attached hydrogen (secondary N) is 1.